The van der Waals surface area contributed by atoms with Crippen LogP contribution < -0.4 is 14.8 Å². The molecule has 0 radical (unpaired) electrons. The molecule has 0 fully saturated rings. The van der Waals surface area contributed by atoms with Crippen LogP contribution in [0.15, 0.2) is 53.7 Å². The second-order valence-corrected chi connectivity index (χ2v) is 9.46. The summed E-state index contributed by atoms with van der Waals surface area (Å²) in [6.45, 7) is 0. The predicted octanol–water partition coefficient (Wildman–Crippen LogP) is 4.18. The Morgan fingerprint density at radius 3 is 2.62 bits per heavy atom. The molecule has 0 aliphatic rings. The average molecular weight is 601 g/mol. The van der Waals surface area contributed by atoms with Crippen LogP contribution in [0, 0.1) is 15.3 Å². The maximum absolute atomic E-state index is 14.1. The van der Waals surface area contributed by atoms with Crippen molar-refractivity contribution < 1.29 is 31.8 Å². The van der Waals surface area contributed by atoms with Gasteiger partial charge in [0.25, 0.3) is 10.0 Å². The SMILES string of the molecule is COc1ncc(-c2ccc3nc(NC(=O)O)c(I)n3c2)cc1NS(=O)(=O)c1ccc(F)cc1F. The summed E-state index contributed by atoms with van der Waals surface area (Å²) < 4.78 is 62.3. The van der Waals surface area contributed by atoms with E-state index in [1.54, 1.807) is 22.7 Å². The van der Waals surface area contributed by atoms with E-state index < -0.39 is 32.6 Å². The van der Waals surface area contributed by atoms with Gasteiger partial charge in [-0.05, 0) is 52.9 Å². The lowest BCUT2D eigenvalue weighted by molar-refractivity contribution is 0.209. The number of anilines is 2. The molecule has 176 valence electrons. The van der Waals surface area contributed by atoms with Gasteiger partial charge in [0, 0.05) is 29.6 Å². The van der Waals surface area contributed by atoms with Gasteiger partial charge < -0.3 is 9.84 Å². The van der Waals surface area contributed by atoms with Crippen LogP contribution in [-0.2, 0) is 10.0 Å². The number of amides is 1. The summed E-state index contributed by atoms with van der Waals surface area (Å²) in [4.78, 5) is 18.5. The molecule has 0 aliphatic carbocycles. The largest absolute Gasteiger partial charge is 0.480 e. The van der Waals surface area contributed by atoms with Crippen LogP contribution in [0.5, 0.6) is 5.88 Å². The van der Waals surface area contributed by atoms with E-state index in [9.17, 15) is 22.0 Å². The highest BCUT2D eigenvalue weighted by Gasteiger charge is 2.22. The number of hydrogen-bond donors (Lipinski definition) is 3. The van der Waals surface area contributed by atoms with Gasteiger partial charge in [0.15, 0.2) is 5.82 Å². The smallest absolute Gasteiger partial charge is 0.410 e. The Labute approximate surface area is 204 Å². The second kappa shape index (κ2) is 9.02. The minimum atomic E-state index is -4.43. The number of pyridine rings is 2. The Balaban J connectivity index is 1.74. The van der Waals surface area contributed by atoms with Crippen LogP contribution in [0.25, 0.3) is 16.8 Å². The van der Waals surface area contributed by atoms with Crippen molar-refractivity contribution in [3.05, 3.63) is 64.1 Å². The molecule has 1 aromatic carbocycles. The highest BCUT2D eigenvalue weighted by Crippen LogP contribution is 2.31. The van der Waals surface area contributed by atoms with Crippen molar-refractivity contribution in [3.8, 4) is 17.0 Å². The third-order valence-corrected chi connectivity index (χ3v) is 7.02. The Kier molecular flexibility index (Phi) is 6.26. The van der Waals surface area contributed by atoms with Gasteiger partial charge in [-0.2, -0.15) is 0 Å². The summed E-state index contributed by atoms with van der Waals surface area (Å²) in [5, 5.41) is 11.2. The van der Waals surface area contributed by atoms with Crippen molar-refractivity contribution in [2.75, 3.05) is 17.1 Å². The van der Waals surface area contributed by atoms with Gasteiger partial charge >= 0.3 is 6.09 Å². The summed E-state index contributed by atoms with van der Waals surface area (Å²) in [5.41, 5.74) is 1.47. The first-order valence-electron chi connectivity index (χ1n) is 9.29. The Hall–Kier alpha value is -3.53. The van der Waals surface area contributed by atoms with Crippen LogP contribution in [0.1, 0.15) is 0 Å². The van der Waals surface area contributed by atoms with Crippen molar-refractivity contribution >= 4 is 55.9 Å². The Morgan fingerprint density at radius 1 is 1.18 bits per heavy atom. The molecule has 0 saturated heterocycles. The van der Waals surface area contributed by atoms with E-state index in [1.807, 2.05) is 22.6 Å². The fraction of sp³-hybridized carbons (Fsp3) is 0.0500. The number of imidazole rings is 1. The monoisotopic (exact) mass is 601 g/mol. The molecule has 0 saturated carbocycles. The molecule has 0 spiro atoms. The summed E-state index contributed by atoms with van der Waals surface area (Å²) in [7, 11) is -3.15. The number of carbonyl (C=O) groups is 1. The first-order valence-corrected chi connectivity index (χ1v) is 11.8. The van der Waals surface area contributed by atoms with Crippen molar-refractivity contribution in [2.45, 2.75) is 4.90 Å². The maximum Gasteiger partial charge on any atom is 0.410 e. The lowest BCUT2D eigenvalue weighted by Crippen LogP contribution is -2.15. The molecular formula is C20H14F2IN5O5S. The number of methoxy groups -OCH3 is 1. The zero-order chi connectivity index (χ0) is 24.6. The number of halogens is 3. The first-order chi connectivity index (χ1) is 16.1. The van der Waals surface area contributed by atoms with Gasteiger partial charge in [0.2, 0.25) is 5.88 Å². The van der Waals surface area contributed by atoms with Crippen molar-refractivity contribution in [1.82, 2.24) is 14.4 Å². The number of rotatable bonds is 6. The average Bonchev–Trinajstić information content (AvgIpc) is 3.07. The zero-order valence-electron chi connectivity index (χ0n) is 17.1. The predicted molar refractivity (Wildman–Crippen MR) is 127 cm³/mol. The van der Waals surface area contributed by atoms with E-state index in [-0.39, 0.29) is 17.4 Å². The second-order valence-electron chi connectivity index (χ2n) is 6.79. The quantitative estimate of drug-likeness (QED) is 0.283. The molecule has 0 aliphatic heterocycles. The van der Waals surface area contributed by atoms with Gasteiger partial charge in [-0.1, -0.05) is 0 Å². The van der Waals surface area contributed by atoms with Crippen molar-refractivity contribution in [2.24, 2.45) is 0 Å². The molecule has 3 aromatic heterocycles. The van der Waals surface area contributed by atoms with Gasteiger partial charge in [-0.15, -0.1) is 0 Å². The number of hydrogen-bond acceptors (Lipinski definition) is 6. The highest BCUT2D eigenvalue weighted by molar-refractivity contribution is 14.1. The number of nitrogens with one attached hydrogen (secondary N) is 2. The van der Waals surface area contributed by atoms with Gasteiger partial charge in [-0.3, -0.25) is 14.4 Å². The summed E-state index contributed by atoms with van der Waals surface area (Å²) in [6, 6.07) is 6.88. The highest BCUT2D eigenvalue weighted by atomic mass is 127. The number of sulfonamides is 1. The molecule has 14 heteroatoms. The minimum absolute atomic E-state index is 0.0684. The molecule has 10 nitrogen and oxygen atoms in total. The number of carboxylic acid groups (broad SMARTS) is 1. The minimum Gasteiger partial charge on any atom is -0.480 e. The lowest BCUT2D eigenvalue weighted by Gasteiger charge is -2.13. The molecule has 3 heterocycles. The first kappa shape index (κ1) is 23.6. The summed E-state index contributed by atoms with van der Waals surface area (Å²) in [5.74, 6) is -2.07. The molecule has 3 N–H and O–H groups in total. The number of benzene rings is 1. The zero-order valence-corrected chi connectivity index (χ0v) is 20.1. The summed E-state index contributed by atoms with van der Waals surface area (Å²) >= 11 is 1.94. The molecular weight excluding hydrogens is 587 g/mol. The van der Waals surface area contributed by atoms with E-state index in [2.05, 4.69) is 20.0 Å². The molecule has 0 bridgehead atoms. The third-order valence-electron chi connectivity index (χ3n) is 4.59. The molecule has 0 atom stereocenters. The van der Waals surface area contributed by atoms with Gasteiger partial charge in [0.1, 0.15) is 31.6 Å². The fourth-order valence-electron chi connectivity index (χ4n) is 3.11. The van der Waals surface area contributed by atoms with Crippen LogP contribution in [-0.4, -0.2) is 41.1 Å². The standard InChI is InChI=1S/C20H14F2IN5O5S/c1-33-19-14(27-34(31,32)15-4-3-12(21)7-13(15)22)6-11(8-24-19)10-2-5-16-25-18(26-20(29)30)17(23)28(16)9-10/h2-9,26-27H,1H3,(H,29,30). The Bertz CT molecular complexity index is 1540. The van der Waals surface area contributed by atoms with Crippen LogP contribution in [0.3, 0.4) is 0 Å². The molecule has 1 amide bonds. The van der Waals surface area contributed by atoms with Crippen LogP contribution in [0.4, 0.5) is 25.1 Å². The fourth-order valence-corrected chi connectivity index (χ4v) is 4.86. The van der Waals surface area contributed by atoms with E-state index in [4.69, 9.17) is 9.84 Å². The topological polar surface area (TPSA) is 135 Å². The van der Waals surface area contributed by atoms with Crippen LogP contribution in [0.2, 0.25) is 0 Å². The molecule has 34 heavy (non-hydrogen) atoms. The molecule has 4 rings (SSSR count). The molecule has 0 unspecified atom stereocenters. The number of ether oxygens (including phenoxy) is 1. The van der Waals surface area contributed by atoms with Crippen molar-refractivity contribution in [3.63, 3.8) is 0 Å². The van der Waals surface area contributed by atoms with Crippen LogP contribution >= 0.6 is 22.6 Å². The van der Waals surface area contributed by atoms with Gasteiger partial charge in [-0.25, -0.2) is 32.0 Å². The third kappa shape index (κ3) is 4.58. The number of nitrogens with zero attached hydrogens (tertiary/aromatic N) is 3. The number of aromatic nitrogens is 3. The van der Waals surface area contributed by atoms with E-state index in [0.717, 1.165) is 12.1 Å². The van der Waals surface area contributed by atoms with Gasteiger partial charge in [0.05, 0.1) is 7.11 Å². The van der Waals surface area contributed by atoms with E-state index >= 15 is 0 Å². The van der Waals surface area contributed by atoms with E-state index in [1.165, 1.54) is 19.4 Å². The van der Waals surface area contributed by atoms with Crippen molar-refractivity contribution in [1.29, 1.82) is 0 Å². The molecule has 4 aromatic rings. The maximum atomic E-state index is 14.1. The normalized spacial score (nSPS) is 11.4. The van der Waals surface area contributed by atoms with E-state index in [0.29, 0.717) is 26.5 Å². The Morgan fingerprint density at radius 2 is 1.94 bits per heavy atom. The number of fused-ring (bicyclic) bond motifs is 1. The summed E-state index contributed by atoms with van der Waals surface area (Å²) in [6.07, 6.45) is 1.85. The lowest BCUT2D eigenvalue weighted by atomic mass is 10.1.